The van der Waals surface area contributed by atoms with Crippen LogP contribution in [0.4, 0.5) is 0 Å². The van der Waals surface area contributed by atoms with Crippen LogP contribution >= 0.6 is 0 Å². The molecule has 5 heteroatoms. The molecular formula is C12H17N5. The van der Waals surface area contributed by atoms with Crippen LogP contribution in [0, 0.1) is 13.8 Å². The number of aryl methyl sites for hydroxylation is 1. The summed E-state index contributed by atoms with van der Waals surface area (Å²) >= 11 is 0. The van der Waals surface area contributed by atoms with Crippen molar-refractivity contribution in [2.24, 2.45) is 0 Å². The van der Waals surface area contributed by atoms with Gasteiger partial charge >= 0.3 is 0 Å². The second kappa shape index (κ2) is 5.05. The molecule has 0 amide bonds. The van der Waals surface area contributed by atoms with E-state index >= 15 is 0 Å². The standard InChI is InChI=1S/C12H17N5/c1-9-5-4-6-11(10(9)2)7-17(3)8-12-13-15-16-14-12/h4-6H,7-8H2,1-3H3,(H,13,14,15,16). The molecule has 0 saturated heterocycles. The number of hydrogen-bond donors (Lipinski definition) is 1. The summed E-state index contributed by atoms with van der Waals surface area (Å²) in [7, 11) is 2.05. The van der Waals surface area contributed by atoms with Gasteiger partial charge in [0.2, 0.25) is 0 Å². The van der Waals surface area contributed by atoms with E-state index in [9.17, 15) is 0 Å². The molecule has 0 fully saturated rings. The van der Waals surface area contributed by atoms with Crippen LogP contribution in [-0.4, -0.2) is 32.6 Å². The summed E-state index contributed by atoms with van der Waals surface area (Å²) in [5, 5.41) is 13.9. The molecule has 1 heterocycles. The fourth-order valence-corrected chi connectivity index (χ4v) is 1.82. The number of rotatable bonds is 4. The molecule has 90 valence electrons. The normalized spacial score (nSPS) is 11.1. The molecule has 17 heavy (non-hydrogen) atoms. The highest BCUT2D eigenvalue weighted by molar-refractivity contribution is 5.32. The Morgan fingerprint density at radius 1 is 1.24 bits per heavy atom. The highest BCUT2D eigenvalue weighted by atomic mass is 15.5. The molecule has 0 saturated carbocycles. The van der Waals surface area contributed by atoms with Crippen LogP contribution in [-0.2, 0) is 13.1 Å². The maximum absolute atomic E-state index is 3.95. The van der Waals surface area contributed by atoms with Crippen LogP contribution in [0.15, 0.2) is 18.2 Å². The molecule has 1 N–H and O–H groups in total. The fourth-order valence-electron chi connectivity index (χ4n) is 1.82. The first-order valence-corrected chi connectivity index (χ1v) is 5.63. The van der Waals surface area contributed by atoms with Gasteiger partial charge in [-0.3, -0.25) is 4.90 Å². The molecule has 0 atom stereocenters. The molecule has 1 aromatic carbocycles. The summed E-state index contributed by atoms with van der Waals surface area (Å²) < 4.78 is 0. The quantitative estimate of drug-likeness (QED) is 0.865. The van der Waals surface area contributed by atoms with Crippen molar-refractivity contribution < 1.29 is 0 Å². The number of nitrogens with one attached hydrogen (secondary N) is 1. The van der Waals surface area contributed by atoms with Crippen LogP contribution in [0.1, 0.15) is 22.5 Å². The predicted molar refractivity (Wildman–Crippen MR) is 65.3 cm³/mol. The molecule has 2 aromatic rings. The molecular weight excluding hydrogens is 214 g/mol. The van der Waals surface area contributed by atoms with Gasteiger partial charge in [0.15, 0.2) is 5.82 Å². The highest BCUT2D eigenvalue weighted by Gasteiger charge is 2.07. The minimum Gasteiger partial charge on any atom is -0.295 e. The van der Waals surface area contributed by atoms with Crippen molar-refractivity contribution in [1.29, 1.82) is 0 Å². The Morgan fingerprint density at radius 3 is 2.76 bits per heavy atom. The lowest BCUT2D eigenvalue weighted by atomic mass is 10.0. The molecule has 0 spiro atoms. The maximum Gasteiger partial charge on any atom is 0.188 e. The van der Waals surface area contributed by atoms with E-state index in [0.717, 1.165) is 12.4 Å². The van der Waals surface area contributed by atoms with Crippen molar-refractivity contribution in [3.63, 3.8) is 0 Å². The van der Waals surface area contributed by atoms with Crippen molar-refractivity contribution in [2.45, 2.75) is 26.9 Å². The zero-order valence-electron chi connectivity index (χ0n) is 10.4. The summed E-state index contributed by atoms with van der Waals surface area (Å²) in [5.74, 6) is 0.720. The number of tetrazole rings is 1. The number of benzene rings is 1. The molecule has 0 bridgehead atoms. The summed E-state index contributed by atoms with van der Waals surface area (Å²) in [4.78, 5) is 2.17. The molecule has 1 aromatic heterocycles. The van der Waals surface area contributed by atoms with E-state index in [1.54, 1.807) is 0 Å². The number of hydrogen-bond acceptors (Lipinski definition) is 4. The van der Waals surface area contributed by atoms with E-state index in [2.05, 4.69) is 64.6 Å². The van der Waals surface area contributed by atoms with Gasteiger partial charge in [0.1, 0.15) is 0 Å². The van der Waals surface area contributed by atoms with Gasteiger partial charge in [0.25, 0.3) is 0 Å². The van der Waals surface area contributed by atoms with Crippen LogP contribution in [0.2, 0.25) is 0 Å². The lowest BCUT2D eigenvalue weighted by Gasteiger charge is -2.16. The minimum absolute atomic E-state index is 0.698. The van der Waals surface area contributed by atoms with E-state index in [1.165, 1.54) is 16.7 Å². The first kappa shape index (κ1) is 11.7. The van der Waals surface area contributed by atoms with E-state index in [-0.39, 0.29) is 0 Å². The van der Waals surface area contributed by atoms with Gasteiger partial charge in [-0.15, -0.1) is 10.2 Å². The predicted octanol–water partition coefficient (Wildman–Crippen LogP) is 1.45. The molecule has 2 rings (SSSR count). The van der Waals surface area contributed by atoms with Crippen molar-refractivity contribution in [1.82, 2.24) is 25.5 Å². The molecule has 0 aliphatic heterocycles. The highest BCUT2D eigenvalue weighted by Crippen LogP contribution is 2.14. The fraction of sp³-hybridized carbons (Fsp3) is 0.417. The Kier molecular flexibility index (Phi) is 3.49. The number of aromatic nitrogens is 4. The third kappa shape index (κ3) is 2.88. The monoisotopic (exact) mass is 231 g/mol. The summed E-state index contributed by atoms with van der Waals surface area (Å²) in [6, 6.07) is 6.40. The first-order chi connectivity index (χ1) is 8.16. The number of aromatic amines is 1. The average molecular weight is 231 g/mol. The summed E-state index contributed by atoms with van der Waals surface area (Å²) in [6.07, 6.45) is 0. The lowest BCUT2D eigenvalue weighted by molar-refractivity contribution is 0.310. The zero-order valence-corrected chi connectivity index (χ0v) is 10.4. The van der Waals surface area contributed by atoms with Gasteiger partial charge in [-0.05, 0) is 37.6 Å². The molecule has 0 aliphatic rings. The second-order valence-corrected chi connectivity index (χ2v) is 4.36. The van der Waals surface area contributed by atoms with Gasteiger partial charge in [-0.25, -0.2) is 0 Å². The number of H-pyrrole nitrogens is 1. The summed E-state index contributed by atoms with van der Waals surface area (Å²) in [5.41, 5.74) is 4.03. The second-order valence-electron chi connectivity index (χ2n) is 4.36. The van der Waals surface area contributed by atoms with Crippen molar-refractivity contribution in [3.8, 4) is 0 Å². The van der Waals surface area contributed by atoms with E-state index < -0.39 is 0 Å². The van der Waals surface area contributed by atoms with Gasteiger partial charge in [0.05, 0.1) is 6.54 Å². The summed E-state index contributed by atoms with van der Waals surface area (Å²) in [6.45, 7) is 5.89. The molecule has 0 unspecified atom stereocenters. The van der Waals surface area contributed by atoms with Gasteiger partial charge in [0, 0.05) is 6.54 Å². The molecule has 5 nitrogen and oxygen atoms in total. The largest absolute Gasteiger partial charge is 0.295 e. The van der Waals surface area contributed by atoms with Crippen LogP contribution in [0.3, 0.4) is 0 Å². The Balaban J connectivity index is 2.03. The van der Waals surface area contributed by atoms with E-state index in [1.807, 2.05) is 0 Å². The van der Waals surface area contributed by atoms with E-state index in [0.29, 0.717) is 6.54 Å². The van der Waals surface area contributed by atoms with Gasteiger partial charge < -0.3 is 0 Å². The Labute approximate surface area is 101 Å². The SMILES string of the molecule is Cc1cccc(CN(C)Cc2nn[nH]n2)c1C. The van der Waals surface area contributed by atoms with Crippen molar-refractivity contribution in [3.05, 3.63) is 40.7 Å². The topological polar surface area (TPSA) is 57.7 Å². The lowest BCUT2D eigenvalue weighted by Crippen LogP contribution is -2.18. The maximum atomic E-state index is 3.95. The van der Waals surface area contributed by atoms with Crippen molar-refractivity contribution in [2.75, 3.05) is 7.05 Å². The van der Waals surface area contributed by atoms with Crippen LogP contribution in [0.25, 0.3) is 0 Å². The number of nitrogens with zero attached hydrogens (tertiary/aromatic N) is 4. The van der Waals surface area contributed by atoms with Crippen molar-refractivity contribution >= 4 is 0 Å². The first-order valence-electron chi connectivity index (χ1n) is 5.63. The third-order valence-corrected chi connectivity index (χ3v) is 2.96. The van der Waals surface area contributed by atoms with Crippen LogP contribution in [0.5, 0.6) is 0 Å². The van der Waals surface area contributed by atoms with Gasteiger partial charge in [-0.2, -0.15) is 5.21 Å². The molecule has 0 aliphatic carbocycles. The van der Waals surface area contributed by atoms with Gasteiger partial charge in [-0.1, -0.05) is 23.4 Å². The molecule has 0 radical (unpaired) electrons. The Morgan fingerprint density at radius 2 is 2.06 bits per heavy atom. The smallest absolute Gasteiger partial charge is 0.188 e. The minimum atomic E-state index is 0.698. The Bertz CT molecular complexity index is 478. The third-order valence-electron chi connectivity index (χ3n) is 2.96. The zero-order chi connectivity index (χ0) is 12.3. The Hall–Kier alpha value is -1.75. The average Bonchev–Trinajstić information content (AvgIpc) is 2.77. The van der Waals surface area contributed by atoms with E-state index in [4.69, 9.17) is 0 Å². The van der Waals surface area contributed by atoms with Crippen LogP contribution < -0.4 is 0 Å².